The van der Waals surface area contributed by atoms with E-state index in [1.54, 1.807) is 54.6 Å². The summed E-state index contributed by atoms with van der Waals surface area (Å²) in [6.07, 6.45) is 4.25. The van der Waals surface area contributed by atoms with Crippen molar-refractivity contribution in [2.75, 3.05) is 10.8 Å². The number of nitrogens with zero attached hydrogens (tertiary/aromatic N) is 2. The summed E-state index contributed by atoms with van der Waals surface area (Å²) in [5, 5.41) is 3.82. The highest BCUT2D eigenvalue weighted by atomic mass is 35.5. The molecule has 0 unspecified atom stereocenters. The topological polar surface area (TPSA) is 86.8 Å². The molecule has 1 N–H and O–H groups in total. The van der Waals surface area contributed by atoms with Crippen LogP contribution in [0.2, 0.25) is 10.0 Å². The van der Waals surface area contributed by atoms with Gasteiger partial charge in [0.25, 0.3) is 10.0 Å². The summed E-state index contributed by atoms with van der Waals surface area (Å²) >= 11 is 12.4. The summed E-state index contributed by atoms with van der Waals surface area (Å²) in [7, 11) is -4.14. The second-order valence-electron chi connectivity index (χ2n) is 11.4. The van der Waals surface area contributed by atoms with Crippen molar-refractivity contribution in [1.29, 1.82) is 0 Å². The smallest absolute Gasteiger partial charge is 0.264 e. The lowest BCUT2D eigenvalue weighted by Crippen LogP contribution is -2.53. The Morgan fingerprint density at radius 2 is 1.51 bits per heavy atom. The number of sulfonamides is 1. The maximum absolute atomic E-state index is 14.3. The van der Waals surface area contributed by atoms with Crippen LogP contribution in [0.15, 0.2) is 65.6 Å². The lowest BCUT2D eigenvalue weighted by Gasteiger charge is -2.34. The fourth-order valence-electron chi connectivity index (χ4n) is 5.58. The highest BCUT2D eigenvalue weighted by molar-refractivity contribution is 7.92. The van der Waals surface area contributed by atoms with Gasteiger partial charge in [-0.1, -0.05) is 72.8 Å². The fourth-order valence-corrected chi connectivity index (χ4v) is 7.30. The summed E-state index contributed by atoms with van der Waals surface area (Å²) < 4.78 is 29.4. The number of benzene rings is 3. The van der Waals surface area contributed by atoms with Crippen molar-refractivity contribution in [1.82, 2.24) is 10.2 Å². The van der Waals surface area contributed by atoms with Gasteiger partial charge in [0.2, 0.25) is 11.8 Å². The van der Waals surface area contributed by atoms with Crippen LogP contribution in [-0.2, 0) is 26.2 Å². The average molecular weight is 645 g/mol. The van der Waals surface area contributed by atoms with Crippen molar-refractivity contribution >= 4 is 50.7 Å². The van der Waals surface area contributed by atoms with E-state index in [4.69, 9.17) is 23.2 Å². The molecule has 1 aliphatic carbocycles. The number of hydrogen-bond acceptors (Lipinski definition) is 4. The summed E-state index contributed by atoms with van der Waals surface area (Å²) in [4.78, 5) is 29.4. The number of anilines is 1. The minimum absolute atomic E-state index is 0.0532. The van der Waals surface area contributed by atoms with Crippen molar-refractivity contribution in [3.63, 3.8) is 0 Å². The van der Waals surface area contributed by atoms with Gasteiger partial charge in [-0.2, -0.15) is 0 Å². The minimum atomic E-state index is -4.14. The van der Waals surface area contributed by atoms with E-state index < -0.39 is 28.5 Å². The van der Waals surface area contributed by atoms with Crippen molar-refractivity contribution in [2.45, 2.75) is 83.3 Å². The quantitative estimate of drug-likeness (QED) is 0.244. The van der Waals surface area contributed by atoms with Gasteiger partial charge in [-0.05, 0) is 93.1 Å². The van der Waals surface area contributed by atoms with E-state index in [1.807, 2.05) is 33.8 Å². The molecule has 3 aromatic rings. The average Bonchev–Trinajstić information content (AvgIpc) is 3.46. The zero-order chi connectivity index (χ0) is 31.3. The van der Waals surface area contributed by atoms with Gasteiger partial charge in [0.1, 0.15) is 12.6 Å². The highest BCUT2D eigenvalue weighted by Gasteiger charge is 2.34. The third-order valence-electron chi connectivity index (χ3n) is 7.81. The van der Waals surface area contributed by atoms with Gasteiger partial charge < -0.3 is 10.2 Å². The summed E-state index contributed by atoms with van der Waals surface area (Å²) in [5.74, 6) is -0.753. The molecule has 0 radical (unpaired) electrons. The standard InChI is InChI=1S/C33H39Cl2N3O4S/c1-5-31(33(40)36-26-8-6-7-9-26)37(20-25-12-15-29(34)30(35)19-25)32(39)21-38(27-17-23(3)16-24(4)18-27)43(41,42)28-13-10-22(2)11-14-28/h10-19,26,31H,5-9,20-21H2,1-4H3,(H,36,40)/t31-/m0/s1. The van der Waals surface area contributed by atoms with Crippen molar-refractivity contribution in [2.24, 2.45) is 0 Å². The molecule has 7 nitrogen and oxygen atoms in total. The van der Waals surface area contributed by atoms with Crippen LogP contribution in [0.1, 0.15) is 61.3 Å². The van der Waals surface area contributed by atoms with Gasteiger partial charge in [0, 0.05) is 12.6 Å². The molecule has 1 atom stereocenters. The van der Waals surface area contributed by atoms with Crippen LogP contribution in [-0.4, -0.2) is 43.8 Å². The number of hydrogen-bond donors (Lipinski definition) is 1. The van der Waals surface area contributed by atoms with Crippen molar-refractivity contribution < 1.29 is 18.0 Å². The number of nitrogens with one attached hydrogen (secondary N) is 1. The van der Waals surface area contributed by atoms with Crippen molar-refractivity contribution in [3.8, 4) is 0 Å². The molecular formula is C33H39Cl2N3O4S. The summed E-state index contributed by atoms with van der Waals surface area (Å²) in [6.45, 7) is 7.05. The molecule has 3 aromatic carbocycles. The molecule has 2 amide bonds. The molecule has 1 aliphatic rings. The largest absolute Gasteiger partial charge is 0.352 e. The SMILES string of the molecule is CC[C@@H](C(=O)NC1CCCC1)N(Cc1ccc(Cl)c(Cl)c1)C(=O)CN(c1cc(C)cc(C)c1)S(=O)(=O)c1ccc(C)cc1. The van der Waals surface area contributed by atoms with Crippen molar-refractivity contribution in [3.05, 3.63) is 93.0 Å². The van der Waals surface area contributed by atoms with Crippen LogP contribution in [0.4, 0.5) is 5.69 Å². The molecule has 10 heteroatoms. The molecule has 0 bridgehead atoms. The lowest BCUT2D eigenvalue weighted by atomic mass is 10.1. The van der Waals surface area contributed by atoms with E-state index in [0.29, 0.717) is 27.7 Å². The predicted octanol–water partition coefficient (Wildman–Crippen LogP) is 6.98. The monoisotopic (exact) mass is 643 g/mol. The molecule has 0 aliphatic heterocycles. The van der Waals surface area contributed by atoms with Gasteiger partial charge in [-0.15, -0.1) is 0 Å². The van der Waals surface area contributed by atoms with Crippen LogP contribution < -0.4 is 9.62 Å². The molecule has 0 saturated heterocycles. The Hall–Kier alpha value is -3.07. The second kappa shape index (κ2) is 14.1. The first-order valence-corrected chi connectivity index (χ1v) is 16.8. The summed E-state index contributed by atoms with van der Waals surface area (Å²) in [5.41, 5.74) is 3.70. The number of aryl methyl sites for hydroxylation is 3. The molecule has 0 spiro atoms. The van der Waals surface area contributed by atoms with Crippen LogP contribution in [0.3, 0.4) is 0 Å². The molecule has 230 valence electrons. The molecular weight excluding hydrogens is 605 g/mol. The number of rotatable bonds is 11. The zero-order valence-corrected chi connectivity index (χ0v) is 27.4. The first-order chi connectivity index (χ1) is 20.4. The Balaban J connectivity index is 1.75. The van der Waals surface area contributed by atoms with Crippen LogP contribution >= 0.6 is 23.2 Å². The first-order valence-electron chi connectivity index (χ1n) is 14.6. The normalized spacial score (nSPS) is 14.4. The summed E-state index contributed by atoms with van der Waals surface area (Å²) in [6, 6.07) is 16.3. The van der Waals surface area contributed by atoms with Gasteiger partial charge in [-0.25, -0.2) is 8.42 Å². The number of halogens is 2. The Morgan fingerprint density at radius 3 is 2.09 bits per heavy atom. The third-order valence-corrected chi connectivity index (χ3v) is 10.3. The molecule has 0 heterocycles. The predicted molar refractivity (Wildman–Crippen MR) is 173 cm³/mol. The second-order valence-corrected chi connectivity index (χ2v) is 14.0. The molecule has 4 rings (SSSR count). The Kier molecular flexibility index (Phi) is 10.8. The number of carbonyl (C=O) groups is 2. The van der Waals surface area contributed by atoms with E-state index in [0.717, 1.165) is 46.7 Å². The van der Waals surface area contributed by atoms with E-state index in [-0.39, 0.29) is 23.4 Å². The van der Waals surface area contributed by atoms with Crippen LogP contribution in [0.25, 0.3) is 0 Å². The Morgan fingerprint density at radius 1 is 0.884 bits per heavy atom. The Labute approximate surface area is 265 Å². The highest BCUT2D eigenvalue weighted by Crippen LogP contribution is 2.28. The van der Waals surface area contributed by atoms with E-state index in [9.17, 15) is 18.0 Å². The zero-order valence-electron chi connectivity index (χ0n) is 25.1. The third kappa shape index (κ3) is 8.11. The molecule has 43 heavy (non-hydrogen) atoms. The molecule has 1 saturated carbocycles. The van der Waals surface area contributed by atoms with Gasteiger partial charge in [0.05, 0.1) is 20.6 Å². The maximum Gasteiger partial charge on any atom is 0.264 e. The minimum Gasteiger partial charge on any atom is -0.352 e. The van der Waals surface area contributed by atoms with Crippen LogP contribution in [0, 0.1) is 20.8 Å². The maximum atomic E-state index is 14.3. The first kappa shape index (κ1) is 32.8. The van der Waals surface area contributed by atoms with Gasteiger partial charge >= 0.3 is 0 Å². The van der Waals surface area contributed by atoms with E-state index >= 15 is 0 Å². The number of amides is 2. The van der Waals surface area contributed by atoms with Gasteiger partial charge in [-0.3, -0.25) is 13.9 Å². The molecule has 0 aromatic heterocycles. The van der Waals surface area contributed by atoms with Gasteiger partial charge in [0.15, 0.2) is 0 Å². The van der Waals surface area contributed by atoms with E-state index in [1.165, 1.54) is 4.90 Å². The van der Waals surface area contributed by atoms with E-state index in [2.05, 4.69) is 5.32 Å². The number of carbonyl (C=O) groups excluding carboxylic acids is 2. The fraction of sp³-hybridized carbons (Fsp3) is 0.394. The lowest BCUT2D eigenvalue weighted by molar-refractivity contribution is -0.140. The van der Waals surface area contributed by atoms with Crippen LogP contribution in [0.5, 0.6) is 0 Å². The Bertz CT molecular complexity index is 1550. The molecule has 1 fully saturated rings.